The number of halogens is 1. The third-order valence-corrected chi connectivity index (χ3v) is 3.18. The fourth-order valence-electron chi connectivity index (χ4n) is 1.68. The van der Waals surface area contributed by atoms with Crippen molar-refractivity contribution >= 4 is 27.6 Å². The summed E-state index contributed by atoms with van der Waals surface area (Å²) in [5.74, 6) is -0.910. The van der Waals surface area contributed by atoms with Crippen LogP contribution in [0.2, 0.25) is 0 Å². The van der Waals surface area contributed by atoms with Crippen LogP contribution in [0.5, 0.6) is 0 Å². The molecule has 2 aromatic rings. The van der Waals surface area contributed by atoms with Crippen LogP contribution in [0.25, 0.3) is 0 Å². The molecule has 5 heteroatoms. The molecule has 19 heavy (non-hydrogen) atoms. The standard InChI is InChI=1S/C14H13BrN2O2/c1-9-12(6-7-13(15)17-9)16-8-10-2-4-11(5-3-10)14(18)19/h2-7,16H,8H2,1H3,(H,18,19). The van der Waals surface area contributed by atoms with Gasteiger partial charge in [0.15, 0.2) is 0 Å². The molecule has 0 atom stereocenters. The van der Waals surface area contributed by atoms with Gasteiger partial charge in [-0.25, -0.2) is 9.78 Å². The first-order chi connectivity index (χ1) is 9.06. The number of nitrogens with zero attached hydrogens (tertiary/aromatic N) is 1. The Morgan fingerprint density at radius 1 is 1.26 bits per heavy atom. The van der Waals surface area contributed by atoms with E-state index in [1.807, 2.05) is 19.1 Å². The molecule has 0 aliphatic rings. The Balaban J connectivity index is 2.04. The van der Waals surface area contributed by atoms with Gasteiger partial charge in [0.25, 0.3) is 0 Å². The van der Waals surface area contributed by atoms with Gasteiger partial charge in [0.1, 0.15) is 4.60 Å². The summed E-state index contributed by atoms with van der Waals surface area (Å²) in [4.78, 5) is 15.0. The largest absolute Gasteiger partial charge is 0.478 e. The van der Waals surface area contributed by atoms with Gasteiger partial charge in [0.05, 0.1) is 16.9 Å². The molecule has 0 spiro atoms. The van der Waals surface area contributed by atoms with E-state index in [-0.39, 0.29) is 0 Å². The van der Waals surface area contributed by atoms with E-state index >= 15 is 0 Å². The van der Waals surface area contributed by atoms with Crippen LogP contribution in [0.1, 0.15) is 21.6 Å². The van der Waals surface area contributed by atoms with E-state index < -0.39 is 5.97 Å². The Labute approximate surface area is 119 Å². The van der Waals surface area contributed by atoms with Crippen molar-refractivity contribution in [3.63, 3.8) is 0 Å². The molecule has 1 heterocycles. The van der Waals surface area contributed by atoms with Crippen molar-refractivity contribution in [2.24, 2.45) is 0 Å². The van der Waals surface area contributed by atoms with Gasteiger partial charge < -0.3 is 10.4 Å². The summed E-state index contributed by atoms with van der Waals surface area (Å²) in [6, 6.07) is 10.6. The maximum atomic E-state index is 10.7. The summed E-state index contributed by atoms with van der Waals surface area (Å²) in [7, 11) is 0. The molecule has 0 radical (unpaired) electrons. The first-order valence-electron chi connectivity index (χ1n) is 5.75. The number of hydrogen-bond acceptors (Lipinski definition) is 3. The molecule has 4 nitrogen and oxygen atoms in total. The van der Waals surface area contributed by atoms with Gasteiger partial charge >= 0.3 is 5.97 Å². The Hall–Kier alpha value is -1.88. The highest BCUT2D eigenvalue weighted by atomic mass is 79.9. The van der Waals surface area contributed by atoms with Gasteiger partial charge in [0, 0.05) is 6.54 Å². The van der Waals surface area contributed by atoms with Crippen LogP contribution in [0.3, 0.4) is 0 Å². The average molecular weight is 321 g/mol. The lowest BCUT2D eigenvalue weighted by molar-refractivity contribution is 0.0697. The van der Waals surface area contributed by atoms with Gasteiger partial charge in [-0.2, -0.15) is 0 Å². The van der Waals surface area contributed by atoms with Crippen molar-refractivity contribution in [2.45, 2.75) is 13.5 Å². The molecular formula is C14H13BrN2O2. The Kier molecular flexibility index (Phi) is 4.16. The topological polar surface area (TPSA) is 62.2 Å². The zero-order valence-electron chi connectivity index (χ0n) is 10.4. The fraction of sp³-hybridized carbons (Fsp3) is 0.143. The zero-order valence-corrected chi connectivity index (χ0v) is 11.9. The Bertz CT molecular complexity index is 597. The molecule has 0 aliphatic carbocycles. The summed E-state index contributed by atoms with van der Waals surface area (Å²) in [5.41, 5.74) is 3.19. The highest BCUT2D eigenvalue weighted by molar-refractivity contribution is 9.10. The number of carboxylic acids is 1. The summed E-state index contributed by atoms with van der Waals surface area (Å²) in [5, 5.41) is 12.1. The van der Waals surface area contributed by atoms with E-state index in [9.17, 15) is 4.79 Å². The van der Waals surface area contributed by atoms with Gasteiger partial charge in [-0.05, 0) is 52.7 Å². The van der Waals surface area contributed by atoms with E-state index in [0.29, 0.717) is 12.1 Å². The quantitative estimate of drug-likeness (QED) is 0.847. The lowest BCUT2D eigenvalue weighted by atomic mass is 10.1. The van der Waals surface area contributed by atoms with Gasteiger partial charge in [-0.1, -0.05) is 12.1 Å². The van der Waals surface area contributed by atoms with E-state index in [4.69, 9.17) is 5.11 Å². The van der Waals surface area contributed by atoms with Crippen LogP contribution in [0.4, 0.5) is 5.69 Å². The predicted molar refractivity (Wildman–Crippen MR) is 77.4 cm³/mol. The third-order valence-electron chi connectivity index (χ3n) is 2.74. The minimum atomic E-state index is -0.910. The first kappa shape index (κ1) is 13.5. The van der Waals surface area contributed by atoms with Crippen LogP contribution in [-0.2, 0) is 6.54 Å². The average Bonchev–Trinajstić information content (AvgIpc) is 2.38. The number of nitrogens with one attached hydrogen (secondary N) is 1. The second-order valence-electron chi connectivity index (χ2n) is 4.12. The molecule has 1 aromatic carbocycles. The minimum Gasteiger partial charge on any atom is -0.478 e. The van der Waals surface area contributed by atoms with Gasteiger partial charge in [0.2, 0.25) is 0 Å². The maximum absolute atomic E-state index is 10.7. The summed E-state index contributed by atoms with van der Waals surface area (Å²) < 4.78 is 0.807. The van der Waals surface area contributed by atoms with Crippen LogP contribution in [-0.4, -0.2) is 16.1 Å². The third kappa shape index (κ3) is 3.54. The number of rotatable bonds is 4. The molecule has 1 aromatic heterocycles. The lowest BCUT2D eigenvalue weighted by Gasteiger charge is -2.09. The van der Waals surface area contributed by atoms with E-state index in [0.717, 1.165) is 21.5 Å². The van der Waals surface area contributed by atoms with E-state index in [2.05, 4.69) is 26.2 Å². The number of carboxylic acid groups (broad SMARTS) is 1. The van der Waals surface area contributed by atoms with Crippen LogP contribution < -0.4 is 5.32 Å². The van der Waals surface area contributed by atoms with Crippen molar-refractivity contribution < 1.29 is 9.90 Å². The maximum Gasteiger partial charge on any atom is 0.335 e. The monoisotopic (exact) mass is 320 g/mol. The molecule has 0 bridgehead atoms. The highest BCUT2D eigenvalue weighted by Gasteiger charge is 2.03. The fourth-order valence-corrected chi connectivity index (χ4v) is 2.08. The smallest absolute Gasteiger partial charge is 0.335 e. The number of carbonyl (C=O) groups is 1. The van der Waals surface area contributed by atoms with E-state index in [1.165, 1.54) is 0 Å². The molecule has 0 saturated heterocycles. The van der Waals surface area contributed by atoms with Crippen molar-refractivity contribution in [1.82, 2.24) is 4.98 Å². The van der Waals surface area contributed by atoms with Crippen molar-refractivity contribution in [1.29, 1.82) is 0 Å². The molecule has 0 unspecified atom stereocenters. The molecular weight excluding hydrogens is 308 g/mol. The second kappa shape index (κ2) is 5.84. The number of anilines is 1. The number of benzene rings is 1. The highest BCUT2D eigenvalue weighted by Crippen LogP contribution is 2.17. The molecule has 2 N–H and O–H groups in total. The zero-order chi connectivity index (χ0) is 13.8. The summed E-state index contributed by atoms with van der Waals surface area (Å²) >= 11 is 3.32. The normalized spacial score (nSPS) is 10.2. The summed E-state index contributed by atoms with van der Waals surface area (Å²) in [6.07, 6.45) is 0. The van der Waals surface area contributed by atoms with Crippen molar-refractivity contribution in [3.8, 4) is 0 Å². The molecule has 0 fully saturated rings. The summed E-state index contributed by atoms with van der Waals surface area (Å²) in [6.45, 7) is 2.56. The van der Waals surface area contributed by atoms with Gasteiger partial charge in [-0.3, -0.25) is 0 Å². The van der Waals surface area contributed by atoms with Crippen molar-refractivity contribution in [2.75, 3.05) is 5.32 Å². The molecule has 98 valence electrons. The van der Waals surface area contributed by atoms with Crippen LogP contribution in [0.15, 0.2) is 41.0 Å². The molecule has 0 amide bonds. The van der Waals surface area contributed by atoms with Crippen LogP contribution in [0, 0.1) is 6.92 Å². The molecule has 2 rings (SSSR count). The first-order valence-corrected chi connectivity index (χ1v) is 6.55. The lowest BCUT2D eigenvalue weighted by Crippen LogP contribution is -2.03. The van der Waals surface area contributed by atoms with Crippen LogP contribution >= 0.6 is 15.9 Å². The molecule has 0 saturated carbocycles. The number of aryl methyl sites for hydroxylation is 1. The Morgan fingerprint density at radius 3 is 2.53 bits per heavy atom. The number of aromatic carboxylic acids is 1. The number of pyridine rings is 1. The van der Waals surface area contributed by atoms with Crippen molar-refractivity contribution in [3.05, 3.63) is 57.8 Å². The SMILES string of the molecule is Cc1nc(Br)ccc1NCc1ccc(C(=O)O)cc1. The second-order valence-corrected chi connectivity index (χ2v) is 4.94. The number of aromatic nitrogens is 1. The number of hydrogen-bond donors (Lipinski definition) is 2. The Morgan fingerprint density at radius 2 is 1.95 bits per heavy atom. The molecule has 0 aliphatic heterocycles. The van der Waals surface area contributed by atoms with Gasteiger partial charge in [-0.15, -0.1) is 0 Å². The minimum absolute atomic E-state index is 0.297. The van der Waals surface area contributed by atoms with E-state index in [1.54, 1.807) is 24.3 Å². The predicted octanol–water partition coefficient (Wildman–Crippen LogP) is 3.46.